The number of methoxy groups -OCH3 is 1. The van der Waals surface area contributed by atoms with Crippen molar-refractivity contribution in [1.82, 2.24) is 19.4 Å². The van der Waals surface area contributed by atoms with Gasteiger partial charge in [-0.15, -0.1) is 0 Å². The van der Waals surface area contributed by atoms with Gasteiger partial charge in [0.25, 0.3) is 0 Å². The molecule has 260 valence electrons. The maximum Gasteiger partial charge on any atom is 0.306 e. The summed E-state index contributed by atoms with van der Waals surface area (Å²) in [5.74, 6) is -2.47. The lowest BCUT2D eigenvalue weighted by Crippen LogP contribution is -2.56. The van der Waals surface area contributed by atoms with Crippen molar-refractivity contribution in [3.63, 3.8) is 0 Å². The molecule has 3 aliphatic rings. The number of nitrogens with zero attached hydrogens (tertiary/aromatic N) is 3. The highest BCUT2D eigenvalue weighted by Gasteiger charge is 2.42. The van der Waals surface area contributed by atoms with E-state index in [2.05, 4.69) is 5.32 Å². The number of ether oxygens (including phenoxy) is 1. The van der Waals surface area contributed by atoms with Crippen molar-refractivity contribution in [3.05, 3.63) is 35.9 Å². The van der Waals surface area contributed by atoms with Gasteiger partial charge in [0.15, 0.2) is 5.96 Å². The molecule has 0 spiro atoms. The first-order chi connectivity index (χ1) is 22.4. The number of rotatable bonds is 12. The Morgan fingerprint density at radius 3 is 2.26 bits per heavy atom. The number of carbonyl (C=O) groups is 4. The zero-order valence-electron chi connectivity index (χ0n) is 27.6. The van der Waals surface area contributed by atoms with Gasteiger partial charge in [-0.3, -0.25) is 29.9 Å². The summed E-state index contributed by atoms with van der Waals surface area (Å²) >= 11 is 0. The zero-order valence-corrected chi connectivity index (χ0v) is 28.4. The molecule has 0 radical (unpaired) electrons. The summed E-state index contributed by atoms with van der Waals surface area (Å²) in [4.78, 5) is 54.7. The molecule has 4 rings (SSSR count). The number of benzene rings is 1. The molecule has 3 atom stereocenters. The van der Waals surface area contributed by atoms with E-state index in [1.165, 1.54) is 16.3 Å². The monoisotopic (exact) mass is 674 g/mol. The molecule has 13 nitrogen and oxygen atoms in total. The minimum atomic E-state index is -3.86. The van der Waals surface area contributed by atoms with E-state index in [1.54, 1.807) is 4.90 Å². The number of guanidine groups is 1. The fourth-order valence-electron chi connectivity index (χ4n) is 7.32. The molecule has 0 bridgehead atoms. The Morgan fingerprint density at radius 1 is 1.00 bits per heavy atom. The van der Waals surface area contributed by atoms with Crippen LogP contribution in [0.15, 0.2) is 30.3 Å². The first-order valence-electron chi connectivity index (χ1n) is 16.7. The number of likely N-dealkylation sites (tertiary alicyclic amines) is 2. The molecule has 2 heterocycles. The van der Waals surface area contributed by atoms with E-state index < -0.39 is 45.8 Å². The van der Waals surface area contributed by atoms with Crippen LogP contribution >= 0.6 is 0 Å². The number of hydrogen-bond acceptors (Lipinski definition) is 8. The molecule has 2 aliphatic heterocycles. The van der Waals surface area contributed by atoms with Gasteiger partial charge in [0.2, 0.25) is 27.7 Å². The number of carbonyl (C=O) groups excluding carboxylic acids is 4. The predicted molar refractivity (Wildman–Crippen MR) is 176 cm³/mol. The summed E-state index contributed by atoms with van der Waals surface area (Å²) < 4.78 is 32.7. The van der Waals surface area contributed by atoms with Crippen molar-refractivity contribution in [1.29, 1.82) is 5.41 Å². The second kappa shape index (κ2) is 16.5. The largest absolute Gasteiger partial charge is 0.469 e. The SMILES string of the molecule is COC(=O)CC(C(=O)NC(=N)N1CCC(CN([C@H](Cc2ccccc2)C(=O)N2CCC[C@H]2C(N)=O)S(C)(=O)=O)CC1)C1CCCCC1. The van der Waals surface area contributed by atoms with Crippen molar-refractivity contribution < 1.29 is 32.3 Å². The van der Waals surface area contributed by atoms with Gasteiger partial charge in [-0.25, -0.2) is 8.42 Å². The van der Waals surface area contributed by atoms with Crippen LogP contribution in [0.3, 0.4) is 0 Å². The van der Waals surface area contributed by atoms with E-state index >= 15 is 0 Å². The summed E-state index contributed by atoms with van der Waals surface area (Å²) in [5, 5.41) is 11.4. The van der Waals surface area contributed by atoms with Gasteiger partial charge in [-0.05, 0) is 62.3 Å². The van der Waals surface area contributed by atoms with Crippen molar-refractivity contribution in [2.45, 2.75) is 82.7 Å². The molecule has 3 fully saturated rings. The molecular weight excluding hydrogens is 624 g/mol. The number of primary amides is 1. The molecule has 47 heavy (non-hydrogen) atoms. The molecule has 2 saturated heterocycles. The fraction of sp³-hybridized carbons (Fsp3) is 0.667. The average Bonchev–Trinajstić information content (AvgIpc) is 3.56. The third kappa shape index (κ3) is 9.75. The van der Waals surface area contributed by atoms with Crippen LogP contribution in [0.1, 0.15) is 69.8 Å². The van der Waals surface area contributed by atoms with Crippen LogP contribution < -0.4 is 11.1 Å². The second-order valence-electron chi connectivity index (χ2n) is 13.2. The Bertz CT molecular complexity index is 1380. The fourth-order valence-corrected chi connectivity index (χ4v) is 8.42. The van der Waals surface area contributed by atoms with Crippen LogP contribution in [0, 0.1) is 23.2 Å². The van der Waals surface area contributed by atoms with Crippen LogP contribution in [0.25, 0.3) is 0 Å². The number of sulfonamides is 1. The molecule has 4 N–H and O–H groups in total. The first kappa shape index (κ1) is 36.3. The minimum absolute atomic E-state index is 0.0236. The quantitative estimate of drug-likeness (QED) is 0.171. The number of piperidine rings is 1. The maximum atomic E-state index is 14.0. The lowest BCUT2D eigenvalue weighted by molar-refractivity contribution is -0.145. The van der Waals surface area contributed by atoms with Crippen molar-refractivity contribution in [2.24, 2.45) is 23.5 Å². The Morgan fingerprint density at radius 2 is 1.66 bits per heavy atom. The normalized spacial score (nSPS) is 20.9. The van der Waals surface area contributed by atoms with Gasteiger partial charge < -0.3 is 20.3 Å². The second-order valence-corrected chi connectivity index (χ2v) is 15.1. The molecule has 0 aromatic heterocycles. The van der Waals surface area contributed by atoms with E-state index in [4.69, 9.17) is 15.9 Å². The van der Waals surface area contributed by atoms with E-state index in [-0.39, 0.29) is 43.1 Å². The number of hydrogen-bond donors (Lipinski definition) is 3. The highest BCUT2D eigenvalue weighted by molar-refractivity contribution is 7.88. The van der Waals surface area contributed by atoms with Crippen molar-refractivity contribution >= 4 is 39.7 Å². The third-order valence-electron chi connectivity index (χ3n) is 9.98. The summed E-state index contributed by atoms with van der Waals surface area (Å²) in [6.45, 7) is 1.27. The molecule has 1 saturated carbocycles. The third-order valence-corrected chi connectivity index (χ3v) is 11.2. The molecule has 14 heteroatoms. The Hall–Kier alpha value is -3.52. The van der Waals surface area contributed by atoms with E-state index in [1.807, 2.05) is 30.3 Å². The smallest absolute Gasteiger partial charge is 0.306 e. The summed E-state index contributed by atoms with van der Waals surface area (Å²) in [6, 6.07) is 7.39. The van der Waals surface area contributed by atoms with Crippen LogP contribution in [0.4, 0.5) is 0 Å². The first-order valence-corrected chi connectivity index (χ1v) is 18.6. The van der Waals surface area contributed by atoms with E-state index in [0.717, 1.165) is 43.9 Å². The summed E-state index contributed by atoms with van der Waals surface area (Å²) in [7, 11) is -2.55. The van der Waals surface area contributed by atoms with Crippen molar-refractivity contribution in [2.75, 3.05) is 39.5 Å². The molecule has 1 aromatic carbocycles. The Kier molecular flexibility index (Phi) is 12.8. The van der Waals surface area contributed by atoms with Gasteiger partial charge in [-0.1, -0.05) is 49.6 Å². The standard InChI is InChI=1S/C33H50N6O7S/c1-46-29(40)21-26(25-12-7-4-8-13-25)31(42)36-33(35)37-18-15-24(16-19-37)22-39(47(2,44)45)28(20-23-10-5-3-6-11-23)32(43)38-17-9-14-27(38)30(34)41/h3,5-6,10-11,24-28H,4,7-9,12-22H2,1-2H3,(H2,34,41)(H2,35,36,42)/t26?,27-,28+/m0/s1. The maximum absolute atomic E-state index is 14.0. The lowest BCUT2D eigenvalue weighted by Gasteiger charge is -2.38. The van der Waals surface area contributed by atoms with Crippen LogP contribution in [0.5, 0.6) is 0 Å². The Labute approximate surface area is 278 Å². The van der Waals surface area contributed by atoms with Gasteiger partial charge >= 0.3 is 5.97 Å². The molecule has 1 unspecified atom stereocenters. The highest BCUT2D eigenvalue weighted by atomic mass is 32.2. The van der Waals surface area contributed by atoms with Crippen molar-refractivity contribution in [3.8, 4) is 0 Å². The topological polar surface area (TPSA) is 183 Å². The molecule has 1 aromatic rings. The number of nitrogens with one attached hydrogen (secondary N) is 2. The zero-order chi connectivity index (χ0) is 34.1. The van der Waals surface area contributed by atoms with Crippen LogP contribution in [-0.4, -0.2) is 104 Å². The van der Waals surface area contributed by atoms with Gasteiger partial charge in [-0.2, -0.15) is 4.31 Å². The van der Waals surface area contributed by atoms with Gasteiger partial charge in [0, 0.05) is 26.2 Å². The van der Waals surface area contributed by atoms with E-state index in [0.29, 0.717) is 45.3 Å². The summed E-state index contributed by atoms with van der Waals surface area (Å²) in [6.07, 6.45) is 8.21. The van der Waals surface area contributed by atoms with Crippen LogP contribution in [0.2, 0.25) is 0 Å². The Balaban J connectivity index is 1.43. The molecule has 3 amide bonds. The lowest BCUT2D eigenvalue weighted by atomic mass is 9.78. The van der Waals surface area contributed by atoms with E-state index in [9.17, 15) is 27.6 Å². The number of nitrogens with two attached hydrogens (primary N) is 1. The highest BCUT2D eigenvalue weighted by Crippen LogP contribution is 2.32. The predicted octanol–water partition coefficient (Wildman–Crippen LogP) is 1.86. The number of amides is 3. The summed E-state index contributed by atoms with van der Waals surface area (Å²) in [5.41, 5.74) is 6.40. The molecular formula is C33H50N6O7S. The van der Waals surface area contributed by atoms with Gasteiger partial charge in [0.1, 0.15) is 12.1 Å². The number of esters is 1. The average molecular weight is 675 g/mol. The van der Waals surface area contributed by atoms with Gasteiger partial charge in [0.05, 0.1) is 25.7 Å². The van der Waals surface area contributed by atoms with Crippen LogP contribution in [-0.2, 0) is 40.4 Å². The molecule has 1 aliphatic carbocycles. The minimum Gasteiger partial charge on any atom is -0.469 e.